The van der Waals surface area contributed by atoms with Gasteiger partial charge in [0.15, 0.2) is 0 Å². The van der Waals surface area contributed by atoms with E-state index >= 15 is 0 Å². The molecule has 0 unspecified atom stereocenters. The molecule has 0 N–H and O–H groups in total. The van der Waals surface area contributed by atoms with E-state index in [0.29, 0.717) is 26.1 Å². The van der Waals surface area contributed by atoms with Crippen molar-refractivity contribution < 1.29 is 22.7 Å². The van der Waals surface area contributed by atoms with E-state index in [0.717, 1.165) is 19.3 Å². The summed E-state index contributed by atoms with van der Waals surface area (Å²) in [5.41, 5.74) is 0. The minimum absolute atomic E-state index is 0.134. The number of fused-ring (bicyclic) bond motifs is 1. The lowest BCUT2D eigenvalue weighted by molar-refractivity contribution is -0.188. The Hall–Kier alpha value is -0.820. The lowest BCUT2D eigenvalue weighted by Crippen LogP contribution is -2.54. The van der Waals surface area contributed by atoms with E-state index in [9.17, 15) is 18.0 Å². The molecule has 0 spiro atoms. The minimum Gasteiger partial charge on any atom is -0.375 e. The molecule has 126 valence electrons. The van der Waals surface area contributed by atoms with Gasteiger partial charge in [0, 0.05) is 25.7 Å². The molecule has 1 saturated carbocycles. The molecular weight excluding hydrogens is 297 g/mol. The number of likely N-dealkylation sites (tertiary alicyclic amines) is 1. The van der Waals surface area contributed by atoms with Gasteiger partial charge in [-0.25, -0.2) is 0 Å². The number of hydrogen-bond acceptors (Lipinski definition) is 3. The van der Waals surface area contributed by atoms with Crippen LogP contribution in [0.15, 0.2) is 0 Å². The molecule has 0 aromatic carbocycles. The zero-order valence-corrected chi connectivity index (χ0v) is 12.6. The van der Waals surface area contributed by atoms with E-state index in [1.807, 2.05) is 0 Å². The van der Waals surface area contributed by atoms with Gasteiger partial charge in [-0.1, -0.05) is 0 Å². The average Bonchev–Trinajstić information content (AvgIpc) is 2.96. The van der Waals surface area contributed by atoms with Crippen LogP contribution in [0.3, 0.4) is 0 Å². The molecule has 2 aliphatic heterocycles. The minimum atomic E-state index is -4.20. The number of alkyl halides is 3. The number of hydrogen-bond donors (Lipinski definition) is 0. The molecule has 1 aliphatic carbocycles. The topological polar surface area (TPSA) is 32.8 Å². The standard InChI is InChI=1S/C15H23F3N2O2/c16-15(17,18)11-3-2-6-20(9-11)14(21)10-19-7-8-22-13-5-1-4-12(13)19/h11-13H,1-10H2/t11-,12+,13+/m0/s1. The van der Waals surface area contributed by atoms with Gasteiger partial charge in [-0.3, -0.25) is 9.69 Å². The second kappa shape index (κ2) is 6.35. The Kier molecular flexibility index (Phi) is 4.64. The third-order valence-electron chi connectivity index (χ3n) is 5.17. The van der Waals surface area contributed by atoms with Crippen molar-refractivity contribution in [3.63, 3.8) is 0 Å². The Morgan fingerprint density at radius 1 is 1.14 bits per heavy atom. The van der Waals surface area contributed by atoms with Crippen molar-refractivity contribution in [1.82, 2.24) is 9.80 Å². The van der Waals surface area contributed by atoms with Crippen LogP contribution in [-0.4, -0.2) is 66.8 Å². The van der Waals surface area contributed by atoms with Gasteiger partial charge in [0.05, 0.1) is 25.2 Å². The zero-order chi connectivity index (χ0) is 15.7. The molecule has 7 heteroatoms. The first-order valence-corrected chi connectivity index (χ1v) is 8.15. The van der Waals surface area contributed by atoms with Gasteiger partial charge in [0.2, 0.25) is 5.91 Å². The van der Waals surface area contributed by atoms with Gasteiger partial charge >= 0.3 is 6.18 Å². The third kappa shape index (κ3) is 3.40. The van der Waals surface area contributed by atoms with E-state index < -0.39 is 12.1 Å². The summed E-state index contributed by atoms with van der Waals surface area (Å²) in [6, 6.07) is 0.265. The van der Waals surface area contributed by atoms with Crippen LogP contribution in [0, 0.1) is 5.92 Å². The van der Waals surface area contributed by atoms with Crippen LogP contribution in [0.5, 0.6) is 0 Å². The number of carbonyl (C=O) groups excluding carboxylic acids is 1. The number of rotatable bonds is 2. The fourth-order valence-electron chi connectivity index (χ4n) is 3.95. The molecule has 3 aliphatic rings. The predicted octanol–water partition coefficient (Wildman–Crippen LogP) is 2.04. The van der Waals surface area contributed by atoms with Crippen molar-refractivity contribution in [3.05, 3.63) is 0 Å². The van der Waals surface area contributed by atoms with Crippen LogP contribution in [0.2, 0.25) is 0 Å². The Bertz CT molecular complexity index is 416. The fourth-order valence-corrected chi connectivity index (χ4v) is 3.95. The number of carbonyl (C=O) groups is 1. The highest BCUT2D eigenvalue weighted by molar-refractivity contribution is 5.78. The molecule has 2 heterocycles. The smallest absolute Gasteiger partial charge is 0.375 e. The number of piperidine rings is 1. The Morgan fingerprint density at radius 2 is 1.95 bits per heavy atom. The normalized spacial score (nSPS) is 33.8. The maximum atomic E-state index is 12.8. The lowest BCUT2D eigenvalue weighted by atomic mass is 9.97. The van der Waals surface area contributed by atoms with Crippen LogP contribution < -0.4 is 0 Å². The first-order valence-electron chi connectivity index (χ1n) is 8.15. The van der Waals surface area contributed by atoms with E-state index in [1.165, 1.54) is 4.90 Å². The summed E-state index contributed by atoms with van der Waals surface area (Å²) < 4.78 is 44.2. The molecule has 1 amide bonds. The van der Waals surface area contributed by atoms with Crippen molar-refractivity contribution >= 4 is 5.91 Å². The lowest BCUT2D eigenvalue weighted by Gasteiger charge is -2.39. The largest absolute Gasteiger partial charge is 0.393 e. The predicted molar refractivity (Wildman–Crippen MR) is 74.3 cm³/mol. The molecular formula is C15H23F3N2O2. The summed E-state index contributed by atoms with van der Waals surface area (Å²) >= 11 is 0. The monoisotopic (exact) mass is 320 g/mol. The molecule has 3 rings (SSSR count). The van der Waals surface area contributed by atoms with Crippen molar-refractivity contribution in [2.75, 3.05) is 32.8 Å². The van der Waals surface area contributed by atoms with E-state index in [2.05, 4.69) is 4.90 Å². The van der Waals surface area contributed by atoms with Gasteiger partial charge in [-0.05, 0) is 32.1 Å². The summed E-state index contributed by atoms with van der Waals surface area (Å²) in [6.07, 6.45) is -0.293. The van der Waals surface area contributed by atoms with Crippen LogP contribution >= 0.6 is 0 Å². The molecule has 2 saturated heterocycles. The molecule has 3 fully saturated rings. The summed E-state index contributed by atoms with van der Waals surface area (Å²) in [4.78, 5) is 15.9. The van der Waals surface area contributed by atoms with E-state index in [4.69, 9.17) is 4.74 Å². The number of ether oxygens (including phenoxy) is 1. The maximum absolute atomic E-state index is 12.8. The second-order valence-corrected chi connectivity index (χ2v) is 6.60. The van der Waals surface area contributed by atoms with Crippen molar-refractivity contribution in [3.8, 4) is 0 Å². The molecule has 0 aromatic rings. The number of amides is 1. The number of nitrogens with zero attached hydrogens (tertiary/aromatic N) is 2. The first-order chi connectivity index (χ1) is 10.4. The molecule has 22 heavy (non-hydrogen) atoms. The Labute approximate surface area is 128 Å². The molecule has 0 aromatic heterocycles. The van der Waals surface area contributed by atoms with Gasteiger partial charge in [0.1, 0.15) is 0 Å². The highest BCUT2D eigenvalue weighted by Crippen LogP contribution is 2.33. The molecule has 0 bridgehead atoms. The summed E-state index contributed by atoms with van der Waals surface area (Å²) in [7, 11) is 0. The van der Waals surface area contributed by atoms with E-state index in [-0.39, 0.29) is 37.6 Å². The highest BCUT2D eigenvalue weighted by atomic mass is 19.4. The van der Waals surface area contributed by atoms with Crippen molar-refractivity contribution in [1.29, 1.82) is 0 Å². The quantitative estimate of drug-likeness (QED) is 0.781. The van der Waals surface area contributed by atoms with Crippen LogP contribution in [0.4, 0.5) is 13.2 Å². The first kappa shape index (κ1) is 16.1. The van der Waals surface area contributed by atoms with Gasteiger partial charge < -0.3 is 9.64 Å². The average molecular weight is 320 g/mol. The van der Waals surface area contributed by atoms with Gasteiger partial charge in [-0.2, -0.15) is 13.2 Å². The van der Waals surface area contributed by atoms with Crippen molar-refractivity contribution in [2.45, 2.75) is 50.4 Å². The Morgan fingerprint density at radius 3 is 2.73 bits per heavy atom. The Balaban J connectivity index is 1.57. The van der Waals surface area contributed by atoms with Crippen LogP contribution in [0.1, 0.15) is 32.1 Å². The SMILES string of the molecule is O=C(CN1CCO[C@@H]2CCC[C@H]21)N1CCC[C@H](C(F)(F)F)C1. The van der Waals surface area contributed by atoms with Gasteiger partial charge in [0.25, 0.3) is 0 Å². The van der Waals surface area contributed by atoms with E-state index in [1.54, 1.807) is 0 Å². The third-order valence-corrected chi connectivity index (χ3v) is 5.17. The molecule has 0 radical (unpaired) electrons. The van der Waals surface area contributed by atoms with Gasteiger partial charge in [-0.15, -0.1) is 0 Å². The van der Waals surface area contributed by atoms with Crippen LogP contribution in [-0.2, 0) is 9.53 Å². The summed E-state index contributed by atoms with van der Waals surface area (Å²) in [6.45, 7) is 1.81. The zero-order valence-electron chi connectivity index (χ0n) is 12.6. The number of morpholine rings is 1. The fraction of sp³-hybridized carbons (Fsp3) is 0.933. The molecule has 4 nitrogen and oxygen atoms in total. The number of halogens is 3. The second-order valence-electron chi connectivity index (χ2n) is 6.60. The maximum Gasteiger partial charge on any atom is 0.393 e. The van der Waals surface area contributed by atoms with Crippen molar-refractivity contribution in [2.24, 2.45) is 5.92 Å². The molecule has 3 atom stereocenters. The summed E-state index contributed by atoms with van der Waals surface area (Å²) in [5, 5.41) is 0. The van der Waals surface area contributed by atoms with Crippen LogP contribution in [0.25, 0.3) is 0 Å². The summed E-state index contributed by atoms with van der Waals surface area (Å²) in [5.74, 6) is -1.53. The highest BCUT2D eigenvalue weighted by Gasteiger charge is 2.43.